The van der Waals surface area contributed by atoms with Crippen molar-refractivity contribution in [3.63, 3.8) is 0 Å². The maximum absolute atomic E-state index is 12.4. The number of carbonyl (C=O) groups excluding carboxylic acids is 1. The van der Waals surface area contributed by atoms with Crippen LogP contribution in [-0.2, 0) is 11.2 Å². The van der Waals surface area contributed by atoms with Gasteiger partial charge in [0.2, 0.25) is 5.91 Å². The number of nitrogens with one attached hydrogen (secondary N) is 1. The molecule has 1 aliphatic carbocycles. The molecule has 1 aromatic carbocycles. The van der Waals surface area contributed by atoms with Gasteiger partial charge in [-0.15, -0.1) is 0 Å². The second-order valence-electron chi connectivity index (χ2n) is 5.04. The van der Waals surface area contributed by atoms with E-state index in [1.807, 2.05) is 23.1 Å². The van der Waals surface area contributed by atoms with Crippen molar-refractivity contribution in [3.05, 3.63) is 29.8 Å². The molecule has 1 fully saturated rings. The number of benzene rings is 1. The number of anilines is 1. The molecule has 1 heterocycles. The summed E-state index contributed by atoms with van der Waals surface area (Å²) in [7, 11) is 0. The number of fused-ring (bicyclic) bond motifs is 1. The first-order chi connectivity index (χ1) is 8.79. The summed E-state index contributed by atoms with van der Waals surface area (Å²) in [6.45, 7) is 0.500. The zero-order chi connectivity index (χ0) is 12.5. The number of amides is 1. The Labute approximate surface area is 107 Å². The summed E-state index contributed by atoms with van der Waals surface area (Å²) >= 11 is 0. The van der Waals surface area contributed by atoms with Crippen molar-refractivity contribution >= 4 is 11.6 Å². The Hall–Kier alpha value is -1.55. The molecule has 2 aliphatic rings. The zero-order valence-corrected chi connectivity index (χ0v) is 10.3. The van der Waals surface area contributed by atoms with Gasteiger partial charge in [-0.1, -0.05) is 18.2 Å². The van der Waals surface area contributed by atoms with Crippen LogP contribution < -0.4 is 5.32 Å². The third-order valence-electron chi connectivity index (χ3n) is 3.68. The summed E-state index contributed by atoms with van der Waals surface area (Å²) in [4.78, 5) is 14.3. The lowest BCUT2D eigenvalue weighted by Gasteiger charge is -2.25. The molecule has 0 saturated heterocycles. The van der Waals surface area contributed by atoms with Gasteiger partial charge >= 0.3 is 0 Å². The summed E-state index contributed by atoms with van der Waals surface area (Å²) in [5, 5.41) is 12.3. The number of hydrogen-bond donors (Lipinski definition) is 2. The number of nitrogens with zero attached hydrogens (tertiary/aromatic N) is 1. The molecule has 1 aliphatic heterocycles. The first kappa shape index (κ1) is 11.5. The van der Waals surface area contributed by atoms with E-state index in [0.717, 1.165) is 24.9 Å². The molecule has 18 heavy (non-hydrogen) atoms. The van der Waals surface area contributed by atoms with Gasteiger partial charge in [-0.3, -0.25) is 4.79 Å². The van der Waals surface area contributed by atoms with Crippen molar-refractivity contribution in [2.45, 2.75) is 31.3 Å². The quantitative estimate of drug-likeness (QED) is 0.833. The van der Waals surface area contributed by atoms with Crippen LogP contribution in [0.25, 0.3) is 0 Å². The molecule has 0 unspecified atom stereocenters. The number of aliphatic hydroxyl groups is 1. The number of hydrogen-bond acceptors (Lipinski definition) is 3. The molecule has 1 saturated carbocycles. The first-order valence-electron chi connectivity index (χ1n) is 6.55. The highest BCUT2D eigenvalue weighted by Gasteiger charge is 2.37. The molecule has 4 heteroatoms. The Bertz CT molecular complexity index is 432. The molecular formula is C14H18N2O2. The lowest BCUT2D eigenvalue weighted by molar-refractivity contribution is -0.133. The first-order valence-corrected chi connectivity index (χ1v) is 6.55. The number of carbonyl (C=O) groups is 1. The van der Waals surface area contributed by atoms with Crippen LogP contribution in [0.15, 0.2) is 24.3 Å². The molecular weight excluding hydrogens is 228 g/mol. The maximum atomic E-state index is 12.4. The molecule has 0 bridgehead atoms. The minimum atomic E-state index is -0.158. The minimum absolute atomic E-state index is 0.0436. The van der Waals surface area contributed by atoms with Crippen LogP contribution in [0.1, 0.15) is 18.4 Å². The van der Waals surface area contributed by atoms with Crippen molar-refractivity contribution in [2.75, 3.05) is 18.5 Å². The Morgan fingerprint density at radius 2 is 2.17 bits per heavy atom. The number of rotatable bonds is 4. The van der Waals surface area contributed by atoms with E-state index in [9.17, 15) is 4.79 Å². The summed E-state index contributed by atoms with van der Waals surface area (Å²) in [6.07, 6.45) is 2.90. The highest BCUT2D eigenvalue weighted by atomic mass is 16.3. The third-order valence-corrected chi connectivity index (χ3v) is 3.68. The lowest BCUT2D eigenvalue weighted by atomic mass is 10.1. The Morgan fingerprint density at radius 1 is 1.39 bits per heavy atom. The second-order valence-corrected chi connectivity index (χ2v) is 5.04. The van der Waals surface area contributed by atoms with Crippen LogP contribution in [-0.4, -0.2) is 41.1 Å². The summed E-state index contributed by atoms with van der Waals surface area (Å²) < 4.78 is 0. The molecule has 1 aromatic rings. The fraction of sp³-hybridized carbons (Fsp3) is 0.500. The summed E-state index contributed by atoms with van der Waals surface area (Å²) in [5.41, 5.74) is 2.27. The van der Waals surface area contributed by atoms with Crippen molar-refractivity contribution in [2.24, 2.45) is 0 Å². The van der Waals surface area contributed by atoms with Gasteiger partial charge < -0.3 is 15.3 Å². The van der Waals surface area contributed by atoms with Crippen molar-refractivity contribution in [1.82, 2.24) is 4.90 Å². The molecule has 96 valence electrons. The highest BCUT2D eigenvalue weighted by Crippen LogP contribution is 2.30. The van der Waals surface area contributed by atoms with Crippen LogP contribution in [0, 0.1) is 0 Å². The molecule has 4 nitrogen and oxygen atoms in total. The van der Waals surface area contributed by atoms with Gasteiger partial charge in [-0.25, -0.2) is 0 Å². The van der Waals surface area contributed by atoms with E-state index in [-0.39, 0.29) is 18.6 Å². The fourth-order valence-corrected chi connectivity index (χ4v) is 2.61. The van der Waals surface area contributed by atoms with Crippen LogP contribution in [0.2, 0.25) is 0 Å². The Balaban J connectivity index is 1.71. The molecule has 3 rings (SSSR count). The van der Waals surface area contributed by atoms with E-state index in [1.54, 1.807) is 0 Å². The summed E-state index contributed by atoms with van der Waals surface area (Å²) in [5.74, 6) is 0.128. The molecule has 2 N–H and O–H groups in total. The van der Waals surface area contributed by atoms with E-state index in [1.165, 1.54) is 5.56 Å². The lowest BCUT2D eigenvalue weighted by Crippen LogP contribution is -2.44. The molecule has 0 radical (unpaired) electrons. The summed E-state index contributed by atoms with van der Waals surface area (Å²) in [6, 6.07) is 8.24. The minimum Gasteiger partial charge on any atom is -0.395 e. The second kappa shape index (κ2) is 4.61. The highest BCUT2D eigenvalue weighted by molar-refractivity contribution is 5.87. The maximum Gasteiger partial charge on any atom is 0.245 e. The van der Waals surface area contributed by atoms with E-state index in [2.05, 4.69) is 11.4 Å². The van der Waals surface area contributed by atoms with Crippen molar-refractivity contribution in [3.8, 4) is 0 Å². The Kier molecular flexibility index (Phi) is 2.96. The molecule has 0 aromatic heterocycles. The van der Waals surface area contributed by atoms with Gasteiger partial charge in [0.1, 0.15) is 6.04 Å². The monoisotopic (exact) mass is 246 g/mol. The predicted molar refractivity (Wildman–Crippen MR) is 69.4 cm³/mol. The van der Waals surface area contributed by atoms with Crippen molar-refractivity contribution in [1.29, 1.82) is 0 Å². The average molecular weight is 246 g/mol. The largest absolute Gasteiger partial charge is 0.395 e. The van der Waals surface area contributed by atoms with Crippen LogP contribution in [0.3, 0.4) is 0 Å². The number of aliphatic hydroxyl groups excluding tert-OH is 1. The van der Waals surface area contributed by atoms with Crippen LogP contribution in [0.4, 0.5) is 5.69 Å². The van der Waals surface area contributed by atoms with Crippen LogP contribution >= 0.6 is 0 Å². The molecule has 1 amide bonds. The van der Waals surface area contributed by atoms with Gasteiger partial charge in [0, 0.05) is 24.7 Å². The van der Waals surface area contributed by atoms with Gasteiger partial charge in [0.15, 0.2) is 0 Å². The number of para-hydroxylation sites is 1. The topological polar surface area (TPSA) is 52.6 Å². The van der Waals surface area contributed by atoms with E-state index < -0.39 is 0 Å². The third kappa shape index (κ3) is 2.08. The normalized spacial score (nSPS) is 21.3. The zero-order valence-electron chi connectivity index (χ0n) is 10.3. The van der Waals surface area contributed by atoms with Gasteiger partial charge in [-0.2, -0.15) is 0 Å². The SMILES string of the molecule is O=C([C@@H]1Cc2ccccc2N1)N(CCO)C1CC1. The van der Waals surface area contributed by atoms with Gasteiger partial charge in [0.05, 0.1) is 6.61 Å². The van der Waals surface area contributed by atoms with E-state index in [0.29, 0.717) is 12.6 Å². The average Bonchev–Trinajstić information content (AvgIpc) is 3.13. The van der Waals surface area contributed by atoms with E-state index >= 15 is 0 Å². The smallest absolute Gasteiger partial charge is 0.245 e. The van der Waals surface area contributed by atoms with Gasteiger partial charge in [-0.05, 0) is 24.5 Å². The van der Waals surface area contributed by atoms with Crippen molar-refractivity contribution < 1.29 is 9.90 Å². The molecule has 0 spiro atoms. The van der Waals surface area contributed by atoms with Gasteiger partial charge in [0.25, 0.3) is 0 Å². The standard InChI is InChI=1S/C14H18N2O2/c17-8-7-16(11-5-6-11)14(18)13-9-10-3-1-2-4-12(10)15-13/h1-4,11,13,15,17H,5-9H2/t13-/m0/s1. The fourth-order valence-electron chi connectivity index (χ4n) is 2.61. The predicted octanol–water partition coefficient (Wildman–Crippen LogP) is 1.01. The van der Waals surface area contributed by atoms with Crippen LogP contribution in [0.5, 0.6) is 0 Å². The Morgan fingerprint density at radius 3 is 2.83 bits per heavy atom. The van der Waals surface area contributed by atoms with E-state index in [4.69, 9.17) is 5.11 Å². The molecule has 1 atom stereocenters.